The second-order valence-corrected chi connectivity index (χ2v) is 14.3. The number of aromatic hydroxyl groups is 1. The first-order valence-corrected chi connectivity index (χ1v) is 16.8. The van der Waals surface area contributed by atoms with Gasteiger partial charge >= 0.3 is 6.01 Å². The molecule has 1 N–H and O–H groups in total. The van der Waals surface area contributed by atoms with Crippen LogP contribution in [0.5, 0.6) is 11.8 Å². The molecule has 50 heavy (non-hydrogen) atoms. The van der Waals surface area contributed by atoms with Crippen molar-refractivity contribution in [2.45, 2.75) is 44.2 Å². The number of rotatable bonds is 8. The first-order valence-electron chi connectivity index (χ1n) is 16.8. The third-order valence-electron chi connectivity index (χ3n) is 10.7. The molecule has 2 aromatic heterocycles. The van der Waals surface area contributed by atoms with Crippen molar-refractivity contribution < 1.29 is 27.4 Å². The Hall–Kier alpha value is -4.67. The number of phenolic OH excluding ortho intramolecular Hbond substituents is 1. The van der Waals surface area contributed by atoms with Crippen LogP contribution >= 0.6 is 0 Å². The van der Waals surface area contributed by atoms with E-state index >= 15 is 8.78 Å². The molecule has 1 saturated carbocycles. The van der Waals surface area contributed by atoms with Gasteiger partial charge in [-0.3, -0.25) is 9.58 Å². The molecular weight excluding hydrogens is 650 g/mol. The number of benzene rings is 3. The van der Waals surface area contributed by atoms with E-state index in [1.165, 1.54) is 24.3 Å². The van der Waals surface area contributed by atoms with Crippen LogP contribution in [0.4, 0.5) is 23.4 Å². The predicted molar refractivity (Wildman–Crippen MR) is 184 cm³/mol. The van der Waals surface area contributed by atoms with Crippen molar-refractivity contribution in [1.82, 2.24) is 29.5 Å². The van der Waals surface area contributed by atoms with Crippen LogP contribution in [0.3, 0.4) is 0 Å². The van der Waals surface area contributed by atoms with Crippen LogP contribution in [0.2, 0.25) is 0 Å². The van der Waals surface area contributed by atoms with Crippen molar-refractivity contribution in [3.63, 3.8) is 0 Å². The number of nitrogens with zero attached hydrogens (tertiary/aromatic N) is 7. The fraction of sp³-hybridized carbons (Fsp3) is 0.432. The Morgan fingerprint density at radius 2 is 1.80 bits per heavy atom. The zero-order valence-electron chi connectivity index (χ0n) is 28.3. The largest absolute Gasteiger partial charge is 0.508 e. The van der Waals surface area contributed by atoms with Crippen molar-refractivity contribution >= 4 is 38.4 Å². The van der Waals surface area contributed by atoms with Gasteiger partial charge in [0.25, 0.3) is 5.92 Å². The van der Waals surface area contributed by atoms with Crippen LogP contribution < -0.4 is 9.64 Å². The highest BCUT2D eigenvalue weighted by molar-refractivity contribution is 6.18. The molecule has 9 nitrogen and oxygen atoms in total. The summed E-state index contributed by atoms with van der Waals surface area (Å²) in [6.45, 7) is 4.34. The van der Waals surface area contributed by atoms with Crippen molar-refractivity contribution in [3.05, 3.63) is 47.7 Å². The molecule has 3 fully saturated rings. The van der Waals surface area contributed by atoms with Gasteiger partial charge in [-0.25, -0.2) is 17.6 Å². The van der Waals surface area contributed by atoms with Gasteiger partial charge < -0.3 is 19.6 Å². The highest BCUT2D eigenvalue weighted by Gasteiger charge is 2.71. The first-order chi connectivity index (χ1) is 23.8. The number of hydrogen-bond donors (Lipinski definition) is 1. The van der Waals surface area contributed by atoms with Gasteiger partial charge in [0.2, 0.25) is 0 Å². The molecule has 0 spiro atoms. The van der Waals surface area contributed by atoms with Gasteiger partial charge in [0.05, 0.1) is 16.4 Å². The zero-order valence-corrected chi connectivity index (χ0v) is 28.3. The number of likely N-dealkylation sites (tertiary alicyclic amines) is 1. The van der Waals surface area contributed by atoms with Gasteiger partial charge in [0, 0.05) is 67.7 Å². The van der Waals surface area contributed by atoms with Gasteiger partial charge in [0.1, 0.15) is 35.0 Å². The molecule has 13 heteroatoms. The Balaban J connectivity index is 1.40. The molecule has 260 valence electrons. The molecule has 2 bridgehead atoms. The minimum absolute atomic E-state index is 0.0386. The summed E-state index contributed by atoms with van der Waals surface area (Å²) in [5, 5.41) is 17.1. The second-order valence-electron chi connectivity index (χ2n) is 14.3. The quantitative estimate of drug-likeness (QED) is 0.159. The number of ether oxygens (including phenoxy) is 1. The van der Waals surface area contributed by atoms with Crippen LogP contribution in [0, 0.1) is 29.4 Å². The summed E-state index contributed by atoms with van der Waals surface area (Å²) >= 11 is 0. The standard InChI is InChI=1S/C37H37F4N7O2/c1-6-24-27(38)11-8-20-12-23(49)13-25(28(20)24)29-31(39)33-30(26-16-46(5)44-32(26)29)34(48-21-9-10-22(48)15-47(7-2)14-21)43-35(42-33)50-19-36(18-45(3)4)17-37(36,40)41/h1,8,11-13,16,21-22,49H,7,9-10,14-15,17-19H2,2-5H3/t21?,22?,36-/m1/s1. The number of aromatic nitrogens is 4. The number of anilines is 1. The Morgan fingerprint density at radius 1 is 1.08 bits per heavy atom. The minimum atomic E-state index is -2.92. The number of alkyl halides is 2. The highest BCUT2D eigenvalue weighted by atomic mass is 19.3. The third kappa shape index (κ3) is 4.94. The van der Waals surface area contributed by atoms with E-state index in [4.69, 9.17) is 16.1 Å². The molecule has 2 aliphatic heterocycles. The summed E-state index contributed by atoms with van der Waals surface area (Å²) in [4.78, 5) is 15.7. The average Bonchev–Trinajstić information content (AvgIpc) is 3.25. The molecule has 8 rings (SSSR count). The van der Waals surface area contributed by atoms with Gasteiger partial charge in [-0.1, -0.05) is 18.9 Å². The number of fused-ring (bicyclic) bond motifs is 6. The number of hydrogen-bond acceptors (Lipinski definition) is 8. The maximum Gasteiger partial charge on any atom is 0.319 e. The Bertz CT molecular complexity index is 2240. The number of terminal acetylenes is 1. The molecule has 3 aromatic carbocycles. The van der Waals surface area contributed by atoms with Crippen LogP contribution in [0.15, 0.2) is 30.5 Å². The Morgan fingerprint density at radius 3 is 2.44 bits per heavy atom. The number of aryl methyl sites for hydroxylation is 1. The van der Waals surface area contributed by atoms with Gasteiger partial charge in [0.15, 0.2) is 5.82 Å². The summed E-state index contributed by atoms with van der Waals surface area (Å²) < 4.78 is 69.8. The first kappa shape index (κ1) is 32.5. The Labute approximate surface area is 286 Å². The molecule has 4 heterocycles. The Kier molecular flexibility index (Phi) is 7.44. The SMILES string of the molecule is C#Cc1c(F)ccc2cc(O)cc(-c3c(F)c4nc(OC[C@]5(CN(C)C)CC5(F)F)nc(N5C6CCC5CN(CC)C6)c4c4cn(C)nc34)c12. The van der Waals surface area contributed by atoms with Gasteiger partial charge in [-0.2, -0.15) is 15.1 Å². The summed E-state index contributed by atoms with van der Waals surface area (Å²) in [7, 11) is 5.17. The van der Waals surface area contributed by atoms with Crippen LogP contribution in [-0.4, -0.2) is 99.5 Å². The van der Waals surface area contributed by atoms with E-state index in [0.29, 0.717) is 22.0 Å². The smallest absolute Gasteiger partial charge is 0.319 e. The lowest BCUT2D eigenvalue weighted by Crippen LogP contribution is -2.54. The van der Waals surface area contributed by atoms with Crippen LogP contribution in [0.1, 0.15) is 31.7 Å². The lowest BCUT2D eigenvalue weighted by Gasteiger charge is -2.41. The minimum Gasteiger partial charge on any atom is -0.508 e. The predicted octanol–water partition coefficient (Wildman–Crippen LogP) is 5.94. The molecule has 3 atom stereocenters. The van der Waals surface area contributed by atoms with Crippen molar-refractivity contribution in [2.24, 2.45) is 12.5 Å². The normalized spacial score (nSPS) is 23.0. The van der Waals surface area contributed by atoms with E-state index in [0.717, 1.165) is 32.5 Å². The van der Waals surface area contributed by atoms with Crippen molar-refractivity contribution in [1.29, 1.82) is 0 Å². The number of likely N-dealkylation sites (N-methyl/N-ethyl adjacent to an activating group) is 1. The van der Waals surface area contributed by atoms with E-state index in [1.807, 2.05) is 0 Å². The summed E-state index contributed by atoms with van der Waals surface area (Å²) in [5.74, 6) is -1.73. The summed E-state index contributed by atoms with van der Waals surface area (Å²) in [6.07, 6.45) is 9.01. The van der Waals surface area contributed by atoms with E-state index in [1.54, 1.807) is 36.9 Å². The molecule has 3 aliphatic rings. The van der Waals surface area contributed by atoms with Crippen LogP contribution in [-0.2, 0) is 7.05 Å². The highest BCUT2D eigenvalue weighted by Crippen LogP contribution is 2.60. The van der Waals surface area contributed by atoms with E-state index in [-0.39, 0.29) is 76.5 Å². The third-order valence-corrected chi connectivity index (χ3v) is 10.7. The van der Waals surface area contributed by atoms with Gasteiger partial charge in [-0.15, -0.1) is 6.42 Å². The van der Waals surface area contributed by atoms with Crippen molar-refractivity contribution in [3.8, 4) is 35.2 Å². The number of phenols is 1. The topological polar surface area (TPSA) is 82.8 Å². The lowest BCUT2D eigenvalue weighted by molar-refractivity contribution is 0.0288. The van der Waals surface area contributed by atoms with Gasteiger partial charge in [-0.05, 0) is 62.6 Å². The van der Waals surface area contributed by atoms with E-state index in [9.17, 15) is 13.9 Å². The maximum atomic E-state index is 17.5. The summed E-state index contributed by atoms with van der Waals surface area (Å²) in [6, 6.07) is 5.40. The summed E-state index contributed by atoms with van der Waals surface area (Å²) in [5.41, 5.74) is -1.26. The second kappa shape index (κ2) is 11.4. The fourth-order valence-corrected chi connectivity index (χ4v) is 8.33. The monoisotopic (exact) mass is 687 g/mol. The van der Waals surface area contributed by atoms with Crippen molar-refractivity contribution in [2.75, 3.05) is 51.8 Å². The molecule has 5 aromatic rings. The van der Waals surface area contributed by atoms with E-state index < -0.39 is 23.0 Å². The number of halogens is 4. The molecule has 0 amide bonds. The molecule has 0 radical (unpaired) electrons. The maximum absolute atomic E-state index is 17.5. The molecule has 2 saturated heterocycles. The average molecular weight is 688 g/mol. The fourth-order valence-electron chi connectivity index (χ4n) is 8.33. The zero-order chi connectivity index (χ0) is 35.3. The lowest BCUT2D eigenvalue weighted by atomic mass is 9.91. The number of piperazine rings is 1. The van der Waals surface area contributed by atoms with E-state index in [2.05, 4.69) is 32.7 Å². The molecular formula is C37H37F4N7O2. The molecule has 2 unspecified atom stereocenters. The van der Waals surface area contributed by atoms with Crippen LogP contribution in [0.25, 0.3) is 43.7 Å². The molecule has 1 aliphatic carbocycles.